The van der Waals surface area contributed by atoms with Crippen molar-refractivity contribution >= 4 is 0 Å². The summed E-state index contributed by atoms with van der Waals surface area (Å²) in [4.78, 5) is 6.68. The number of nitrogens with zero attached hydrogens (tertiary/aromatic N) is 3. The summed E-state index contributed by atoms with van der Waals surface area (Å²) in [7, 11) is 0. The van der Waals surface area contributed by atoms with E-state index in [0.717, 1.165) is 25.4 Å². The Kier molecular flexibility index (Phi) is 3.80. The maximum atomic E-state index is 5.65. The molecule has 0 saturated carbocycles. The zero-order valence-electron chi connectivity index (χ0n) is 12.0. The molecular weight excluding hydrogens is 252 g/mol. The summed E-state index contributed by atoms with van der Waals surface area (Å²) in [6, 6.07) is 2.30. The van der Waals surface area contributed by atoms with Gasteiger partial charge in [0.15, 0.2) is 0 Å². The molecule has 1 atom stereocenters. The maximum absolute atomic E-state index is 5.65. The van der Waals surface area contributed by atoms with E-state index in [9.17, 15) is 0 Å². The Balaban J connectivity index is 1.83. The highest BCUT2D eigenvalue weighted by Gasteiger charge is 2.27. The molecule has 2 aromatic rings. The van der Waals surface area contributed by atoms with E-state index in [0.29, 0.717) is 6.61 Å². The topological polar surface area (TPSA) is 54.0 Å². The molecule has 0 bridgehead atoms. The predicted molar refractivity (Wildman–Crippen MR) is 76.3 cm³/mol. The number of aromatic amines is 1. The number of aromatic nitrogens is 3. The van der Waals surface area contributed by atoms with Crippen LogP contribution in [0.2, 0.25) is 0 Å². The Morgan fingerprint density at radius 1 is 1.35 bits per heavy atom. The average Bonchev–Trinajstić information content (AvgIpc) is 2.88. The Hall–Kier alpha value is -1.72. The SMILES string of the molecule is Cc1ccncc1CN1CCOC[C@@H]1c1[nH]ncc1C. The van der Waals surface area contributed by atoms with Crippen LogP contribution in [0.1, 0.15) is 28.4 Å². The van der Waals surface area contributed by atoms with Gasteiger partial charge >= 0.3 is 0 Å². The summed E-state index contributed by atoms with van der Waals surface area (Å²) in [6.45, 7) is 7.53. The molecule has 0 aliphatic carbocycles. The minimum Gasteiger partial charge on any atom is -0.378 e. The number of morpholine rings is 1. The number of H-pyrrole nitrogens is 1. The fourth-order valence-electron chi connectivity index (χ4n) is 2.67. The molecule has 5 heteroatoms. The smallest absolute Gasteiger partial charge is 0.0758 e. The van der Waals surface area contributed by atoms with Crippen LogP contribution in [0.3, 0.4) is 0 Å². The first-order chi connectivity index (χ1) is 9.75. The zero-order chi connectivity index (χ0) is 13.9. The molecule has 1 aliphatic heterocycles. The Morgan fingerprint density at radius 2 is 2.25 bits per heavy atom. The second-order valence-corrected chi connectivity index (χ2v) is 5.33. The lowest BCUT2D eigenvalue weighted by Gasteiger charge is -2.35. The quantitative estimate of drug-likeness (QED) is 0.928. The van der Waals surface area contributed by atoms with Gasteiger partial charge in [-0.3, -0.25) is 15.0 Å². The maximum Gasteiger partial charge on any atom is 0.0758 e. The molecular formula is C15H20N4O. The van der Waals surface area contributed by atoms with E-state index in [1.807, 2.05) is 18.6 Å². The summed E-state index contributed by atoms with van der Waals surface area (Å²) in [5.41, 5.74) is 4.91. The van der Waals surface area contributed by atoms with E-state index in [-0.39, 0.29) is 6.04 Å². The minimum absolute atomic E-state index is 0.242. The highest BCUT2D eigenvalue weighted by atomic mass is 16.5. The zero-order valence-corrected chi connectivity index (χ0v) is 12.0. The molecule has 2 aromatic heterocycles. The molecule has 20 heavy (non-hydrogen) atoms. The van der Waals surface area contributed by atoms with Crippen LogP contribution in [-0.2, 0) is 11.3 Å². The van der Waals surface area contributed by atoms with Gasteiger partial charge in [0.05, 0.1) is 31.1 Å². The monoisotopic (exact) mass is 272 g/mol. The first-order valence-corrected chi connectivity index (χ1v) is 6.97. The van der Waals surface area contributed by atoms with E-state index >= 15 is 0 Å². The van der Waals surface area contributed by atoms with E-state index in [1.54, 1.807) is 0 Å². The number of aryl methyl sites for hydroxylation is 2. The lowest BCUT2D eigenvalue weighted by atomic mass is 10.1. The lowest BCUT2D eigenvalue weighted by Crippen LogP contribution is -2.39. The number of ether oxygens (including phenoxy) is 1. The highest BCUT2D eigenvalue weighted by molar-refractivity contribution is 5.23. The van der Waals surface area contributed by atoms with Crippen molar-refractivity contribution in [1.82, 2.24) is 20.1 Å². The summed E-state index contributed by atoms with van der Waals surface area (Å²) >= 11 is 0. The molecule has 0 aromatic carbocycles. The van der Waals surface area contributed by atoms with E-state index in [1.165, 1.54) is 16.7 Å². The molecule has 3 rings (SSSR count). The van der Waals surface area contributed by atoms with E-state index in [4.69, 9.17) is 4.74 Å². The Labute approximate surface area is 119 Å². The van der Waals surface area contributed by atoms with Crippen molar-refractivity contribution in [2.75, 3.05) is 19.8 Å². The van der Waals surface area contributed by atoms with Crippen LogP contribution in [0.5, 0.6) is 0 Å². The first kappa shape index (κ1) is 13.3. The number of rotatable bonds is 3. The van der Waals surface area contributed by atoms with Crippen molar-refractivity contribution in [2.24, 2.45) is 0 Å². The van der Waals surface area contributed by atoms with Gasteiger partial charge in [0, 0.05) is 25.5 Å². The predicted octanol–water partition coefficient (Wildman–Crippen LogP) is 2.00. The normalized spacial score (nSPS) is 20.2. The van der Waals surface area contributed by atoms with Gasteiger partial charge in [-0.05, 0) is 36.6 Å². The molecule has 1 N–H and O–H groups in total. The fraction of sp³-hybridized carbons (Fsp3) is 0.467. The highest BCUT2D eigenvalue weighted by Crippen LogP contribution is 2.26. The van der Waals surface area contributed by atoms with E-state index < -0.39 is 0 Å². The van der Waals surface area contributed by atoms with Gasteiger partial charge in [-0.2, -0.15) is 5.10 Å². The molecule has 1 aliphatic rings. The van der Waals surface area contributed by atoms with Gasteiger partial charge in [0.1, 0.15) is 0 Å². The van der Waals surface area contributed by atoms with Crippen LogP contribution in [-0.4, -0.2) is 39.8 Å². The third-order valence-corrected chi connectivity index (χ3v) is 3.96. The van der Waals surface area contributed by atoms with Crippen LogP contribution in [0.25, 0.3) is 0 Å². The molecule has 3 heterocycles. The van der Waals surface area contributed by atoms with Crippen molar-refractivity contribution in [3.8, 4) is 0 Å². The van der Waals surface area contributed by atoms with Gasteiger partial charge in [-0.15, -0.1) is 0 Å². The van der Waals surface area contributed by atoms with E-state index in [2.05, 4.69) is 40.0 Å². The average molecular weight is 272 g/mol. The molecule has 0 unspecified atom stereocenters. The Morgan fingerprint density at radius 3 is 3.00 bits per heavy atom. The third kappa shape index (κ3) is 2.59. The summed E-state index contributed by atoms with van der Waals surface area (Å²) in [6.07, 6.45) is 5.67. The second kappa shape index (κ2) is 5.73. The van der Waals surface area contributed by atoms with Crippen molar-refractivity contribution in [1.29, 1.82) is 0 Å². The molecule has 0 radical (unpaired) electrons. The fourth-order valence-corrected chi connectivity index (χ4v) is 2.67. The molecule has 106 valence electrons. The second-order valence-electron chi connectivity index (χ2n) is 5.33. The molecule has 0 amide bonds. The largest absolute Gasteiger partial charge is 0.378 e. The number of pyridine rings is 1. The molecule has 1 saturated heterocycles. The minimum atomic E-state index is 0.242. The standard InChI is InChI=1S/C15H20N4O/c1-11-3-4-16-8-13(11)9-19-5-6-20-10-14(19)15-12(2)7-17-18-15/h3-4,7-8,14H,5-6,9-10H2,1-2H3,(H,17,18)/t14-/m1/s1. The van der Waals surface area contributed by atoms with Crippen molar-refractivity contribution in [2.45, 2.75) is 26.4 Å². The van der Waals surface area contributed by atoms with Gasteiger partial charge in [0.25, 0.3) is 0 Å². The summed E-state index contributed by atoms with van der Waals surface area (Å²) in [5, 5.41) is 7.25. The van der Waals surface area contributed by atoms with Gasteiger partial charge < -0.3 is 4.74 Å². The van der Waals surface area contributed by atoms with Crippen molar-refractivity contribution < 1.29 is 4.74 Å². The first-order valence-electron chi connectivity index (χ1n) is 6.97. The van der Waals surface area contributed by atoms with Gasteiger partial charge in [-0.1, -0.05) is 0 Å². The van der Waals surface area contributed by atoms with Gasteiger partial charge in [0.2, 0.25) is 0 Å². The van der Waals surface area contributed by atoms with Crippen LogP contribution in [0.15, 0.2) is 24.7 Å². The van der Waals surface area contributed by atoms with Crippen molar-refractivity contribution in [3.05, 3.63) is 47.0 Å². The lowest BCUT2D eigenvalue weighted by molar-refractivity contribution is -0.0146. The number of nitrogens with one attached hydrogen (secondary N) is 1. The molecule has 0 spiro atoms. The Bertz CT molecular complexity index is 581. The summed E-state index contributed by atoms with van der Waals surface area (Å²) in [5.74, 6) is 0. The van der Waals surface area contributed by atoms with Crippen LogP contribution >= 0.6 is 0 Å². The number of hydrogen-bond donors (Lipinski definition) is 1. The van der Waals surface area contributed by atoms with Gasteiger partial charge in [-0.25, -0.2) is 0 Å². The number of hydrogen-bond acceptors (Lipinski definition) is 4. The molecule has 1 fully saturated rings. The summed E-state index contributed by atoms with van der Waals surface area (Å²) < 4.78 is 5.65. The van der Waals surface area contributed by atoms with Crippen LogP contribution in [0.4, 0.5) is 0 Å². The third-order valence-electron chi connectivity index (χ3n) is 3.96. The van der Waals surface area contributed by atoms with Crippen LogP contribution in [0, 0.1) is 13.8 Å². The van der Waals surface area contributed by atoms with Crippen molar-refractivity contribution in [3.63, 3.8) is 0 Å². The van der Waals surface area contributed by atoms with Crippen LogP contribution < -0.4 is 0 Å². The molecule has 5 nitrogen and oxygen atoms in total.